The monoisotopic (exact) mass is 293 g/mol. The van der Waals surface area contributed by atoms with Crippen LogP contribution in [0.4, 0.5) is 0 Å². The zero-order valence-corrected chi connectivity index (χ0v) is 11.8. The number of halogens is 1. The molecule has 1 rings (SSSR count). The van der Waals surface area contributed by atoms with Gasteiger partial charge in [-0.05, 0) is 46.6 Å². The average molecular weight is 294 g/mol. The molecule has 0 aliphatic heterocycles. The van der Waals surface area contributed by atoms with E-state index in [-0.39, 0.29) is 0 Å². The molecule has 1 N–H and O–H groups in total. The first-order valence-electron chi connectivity index (χ1n) is 4.74. The molecule has 80 valence electrons. The maximum Gasteiger partial charge on any atom is 0.0314 e. The average Bonchev–Trinajstić information content (AvgIpc) is 2.59. The molecule has 4 heteroatoms. The molecular weight excluding hydrogens is 278 g/mol. The van der Waals surface area contributed by atoms with Gasteiger partial charge in [-0.3, -0.25) is 0 Å². The zero-order valence-electron chi connectivity index (χ0n) is 8.55. The highest BCUT2D eigenvalue weighted by Gasteiger charge is 2.10. The van der Waals surface area contributed by atoms with Crippen molar-refractivity contribution in [3.63, 3.8) is 0 Å². The lowest BCUT2D eigenvalue weighted by Gasteiger charge is -2.14. The van der Waals surface area contributed by atoms with Crippen LogP contribution in [0.15, 0.2) is 15.9 Å². The van der Waals surface area contributed by atoms with Crippen molar-refractivity contribution in [2.24, 2.45) is 0 Å². The quantitative estimate of drug-likeness (QED) is 0.863. The van der Waals surface area contributed by atoms with Crippen molar-refractivity contribution in [3.05, 3.63) is 20.8 Å². The second-order valence-corrected chi connectivity index (χ2v) is 6.21. The van der Waals surface area contributed by atoms with Gasteiger partial charge in [0.05, 0.1) is 0 Å². The summed E-state index contributed by atoms with van der Waals surface area (Å²) in [5, 5.41) is 5.51. The van der Waals surface area contributed by atoms with Gasteiger partial charge in [0, 0.05) is 21.1 Å². The smallest absolute Gasteiger partial charge is 0.0314 e. The van der Waals surface area contributed by atoms with E-state index in [1.54, 1.807) is 0 Å². The van der Waals surface area contributed by atoms with Gasteiger partial charge in [-0.1, -0.05) is 6.92 Å². The molecule has 0 saturated carbocycles. The SMILES string of the molecule is CCSCC(Cc1sccc1Br)NC. The first-order chi connectivity index (χ1) is 6.77. The van der Waals surface area contributed by atoms with Crippen LogP contribution in [0, 0.1) is 0 Å². The summed E-state index contributed by atoms with van der Waals surface area (Å²) < 4.78 is 1.25. The second-order valence-electron chi connectivity index (χ2n) is 3.04. The third-order valence-electron chi connectivity index (χ3n) is 2.05. The largest absolute Gasteiger partial charge is 0.316 e. The molecule has 1 unspecified atom stereocenters. The van der Waals surface area contributed by atoms with E-state index < -0.39 is 0 Å². The van der Waals surface area contributed by atoms with Crippen LogP contribution in [-0.2, 0) is 6.42 Å². The molecule has 0 spiro atoms. The van der Waals surface area contributed by atoms with E-state index in [4.69, 9.17) is 0 Å². The summed E-state index contributed by atoms with van der Waals surface area (Å²) in [6.07, 6.45) is 1.13. The van der Waals surface area contributed by atoms with E-state index in [1.165, 1.54) is 20.9 Å². The normalized spacial score (nSPS) is 13.1. The van der Waals surface area contributed by atoms with Crippen molar-refractivity contribution in [3.8, 4) is 0 Å². The Morgan fingerprint density at radius 3 is 2.93 bits per heavy atom. The number of thioether (sulfide) groups is 1. The Kier molecular flexibility index (Phi) is 6.17. The molecule has 0 aliphatic rings. The third-order valence-corrected chi connectivity index (χ3v) is 5.05. The van der Waals surface area contributed by atoms with Crippen molar-refractivity contribution in [1.82, 2.24) is 5.32 Å². The Morgan fingerprint density at radius 2 is 2.43 bits per heavy atom. The van der Waals surface area contributed by atoms with Crippen molar-refractivity contribution in [2.45, 2.75) is 19.4 Å². The number of likely N-dealkylation sites (N-methyl/N-ethyl adjacent to an activating group) is 1. The lowest BCUT2D eigenvalue weighted by atomic mass is 10.2. The summed E-state index contributed by atoms with van der Waals surface area (Å²) in [5.41, 5.74) is 0. The van der Waals surface area contributed by atoms with Gasteiger partial charge in [0.2, 0.25) is 0 Å². The molecular formula is C10H16BrNS2. The topological polar surface area (TPSA) is 12.0 Å². The van der Waals surface area contributed by atoms with E-state index in [2.05, 4.69) is 39.6 Å². The van der Waals surface area contributed by atoms with Crippen molar-refractivity contribution < 1.29 is 0 Å². The molecule has 0 radical (unpaired) electrons. The van der Waals surface area contributed by atoms with Gasteiger partial charge < -0.3 is 5.32 Å². The van der Waals surface area contributed by atoms with Gasteiger partial charge in [0.1, 0.15) is 0 Å². The second kappa shape index (κ2) is 6.88. The molecule has 1 heterocycles. The summed E-state index contributed by atoms with van der Waals surface area (Å²) in [5.74, 6) is 2.39. The van der Waals surface area contributed by atoms with Gasteiger partial charge in [-0.15, -0.1) is 11.3 Å². The fourth-order valence-corrected chi connectivity index (χ4v) is 3.60. The van der Waals surface area contributed by atoms with Crippen molar-refractivity contribution >= 4 is 39.0 Å². The molecule has 1 aromatic rings. The minimum Gasteiger partial charge on any atom is -0.316 e. The minimum absolute atomic E-state index is 0.592. The van der Waals surface area contributed by atoms with Gasteiger partial charge in [-0.25, -0.2) is 0 Å². The summed E-state index contributed by atoms with van der Waals surface area (Å²) in [7, 11) is 2.04. The molecule has 0 aliphatic carbocycles. The molecule has 0 bridgehead atoms. The number of hydrogen-bond acceptors (Lipinski definition) is 3. The van der Waals surface area contributed by atoms with Crippen molar-refractivity contribution in [1.29, 1.82) is 0 Å². The molecule has 1 atom stereocenters. The van der Waals surface area contributed by atoms with Crippen LogP contribution in [0.2, 0.25) is 0 Å². The van der Waals surface area contributed by atoms with E-state index in [0.29, 0.717) is 6.04 Å². The first-order valence-corrected chi connectivity index (χ1v) is 7.57. The Bertz CT molecular complexity index is 262. The first kappa shape index (κ1) is 12.6. The fraction of sp³-hybridized carbons (Fsp3) is 0.600. The van der Waals surface area contributed by atoms with Crippen LogP contribution >= 0.6 is 39.0 Å². The molecule has 1 aromatic heterocycles. The molecule has 0 amide bonds. The van der Waals surface area contributed by atoms with Crippen LogP contribution in [0.5, 0.6) is 0 Å². The van der Waals surface area contributed by atoms with Crippen LogP contribution in [0.1, 0.15) is 11.8 Å². The number of hydrogen-bond donors (Lipinski definition) is 1. The fourth-order valence-electron chi connectivity index (χ4n) is 1.20. The highest BCUT2D eigenvalue weighted by molar-refractivity contribution is 9.10. The third kappa shape index (κ3) is 3.93. The summed E-state index contributed by atoms with van der Waals surface area (Å²) in [6.45, 7) is 2.21. The maximum absolute atomic E-state index is 3.57. The highest BCUT2D eigenvalue weighted by atomic mass is 79.9. The predicted octanol–water partition coefficient (Wildman–Crippen LogP) is 3.39. The zero-order chi connectivity index (χ0) is 10.4. The number of thiophene rings is 1. The van der Waals surface area contributed by atoms with Gasteiger partial charge in [0.25, 0.3) is 0 Å². The molecule has 0 fully saturated rings. The van der Waals surface area contributed by atoms with Crippen LogP contribution in [0.25, 0.3) is 0 Å². The Morgan fingerprint density at radius 1 is 1.64 bits per heavy atom. The van der Waals surface area contributed by atoms with Crippen LogP contribution in [0.3, 0.4) is 0 Å². The van der Waals surface area contributed by atoms with Gasteiger partial charge >= 0.3 is 0 Å². The lowest BCUT2D eigenvalue weighted by molar-refractivity contribution is 0.621. The number of nitrogens with one attached hydrogen (secondary N) is 1. The molecule has 14 heavy (non-hydrogen) atoms. The van der Waals surface area contributed by atoms with Crippen LogP contribution in [-0.4, -0.2) is 24.6 Å². The Balaban J connectivity index is 2.44. The van der Waals surface area contributed by atoms with Gasteiger partial charge in [-0.2, -0.15) is 11.8 Å². The minimum atomic E-state index is 0.592. The predicted molar refractivity (Wildman–Crippen MR) is 71.6 cm³/mol. The Hall–Kier alpha value is 0.490. The summed E-state index contributed by atoms with van der Waals surface area (Å²) >= 11 is 7.39. The molecule has 1 nitrogen and oxygen atoms in total. The van der Waals surface area contributed by atoms with E-state index >= 15 is 0 Å². The summed E-state index contributed by atoms with van der Waals surface area (Å²) in [6, 6.07) is 2.72. The maximum atomic E-state index is 3.57. The van der Waals surface area contributed by atoms with Crippen LogP contribution < -0.4 is 5.32 Å². The van der Waals surface area contributed by atoms with E-state index in [0.717, 1.165) is 6.42 Å². The highest BCUT2D eigenvalue weighted by Crippen LogP contribution is 2.24. The summed E-state index contributed by atoms with van der Waals surface area (Å²) in [4.78, 5) is 1.45. The molecule has 0 aromatic carbocycles. The molecule has 0 saturated heterocycles. The van der Waals surface area contributed by atoms with E-state index in [1.807, 2.05) is 30.1 Å². The Labute approximate surface area is 103 Å². The van der Waals surface area contributed by atoms with Crippen molar-refractivity contribution in [2.75, 3.05) is 18.6 Å². The number of rotatable bonds is 6. The standard InChI is InChI=1S/C10H16BrNS2/c1-3-13-7-8(12-2)6-10-9(11)4-5-14-10/h4-5,8,12H,3,6-7H2,1-2H3. The van der Waals surface area contributed by atoms with E-state index in [9.17, 15) is 0 Å². The van der Waals surface area contributed by atoms with Gasteiger partial charge in [0.15, 0.2) is 0 Å². The lowest BCUT2D eigenvalue weighted by Crippen LogP contribution is -2.29.